The maximum absolute atomic E-state index is 13.6. The Hall–Kier alpha value is -2.66. The highest BCUT2D eigenvalue weighted by Crippen LogP contribution is 2.30. The molecule has 31 heavy (non-hydrogen) atoms. The second-order valence-electron chi connectivity index (χ2n) is 6.83. The van der Waals surface area contributed by atoms with Crippen molar-refractivity contribution >= 4 is 50.7 Å². The molecule has 0 radical (unpaired) electrons. The molecule has 1 fully saturated rings. The third-order valence-electron chi connectivity index (χ3n) is 4.86. The van der Waals surface area contributed by atoms with Gasteiger partial charge in [-0.25, -0.2) is 9.37 Å². The number of hydrogen-bond donors (Lipinski definition) is 0. The lowest BCUT2D eigenvalue weighted by Crippen LogP contribution is -2.43. The summed E-state index contributed by atoms with van der Waals surface area (Å²) in [5.74, 6) is -0.755. The summed E-state index contributed by atoms with van der Waals surface area (Å²) in [6, 6.07) is 9.92. The standard InChI is InChI=1S/C20H19FN4O4S.ClH/c21-15-4-5-17-18(13-15)30-20(22-17)24(7-6-23-8-10-29-11-9-23)19(26)14-2-1-3-16(12-14)25(27)28;/h1-5,12-13H,6-11H2;1H. The van der Waals surface area contributed by atoms with Gasteiger partial charge in [0.15, 0.2) is 5.13 Å². The Bertz CT molecular complexity index is 1090. The summed E-state index contributed by atoms with van der Waals surface area (Å²) in [6.45, 7) is 3.77. The van der Waals surface area contributed by atoms with E-state index in [0.29, 0.717) is 41.7 Å². The summed E-state index contributed by atoms with van der Waals surface area (Å²) in [5, 5.41) is 11.5. The minimum Gasteiger partial charge on any atom is -0.379 e. The Morgan fingerprint density at radius 2 is 2.03 bits per heavy atom. The maximum Gasteiger partial charge on any atom is 0.270 e. The number of morpholine rings is 1. The number of aromatic nitrogens is 1. The number of non-ortho nitro benzene ring substituents is 1. The van der Waals surface area contributed by atoms with Gasteiger partial charge in [-0.15, -0.1) is 12.4 Å². The first-order valence-corrected chi connectivity index (χ1v) is 10.3. The predicted molar refractivity (Wildman–Crippen MR) is 119 cm³/mol. The molecular weight excluding hydrogens is 447 g/mol. The first-order valence-electron chi connectivity index (χ1n) is 9.44. The summed E-state index contributed by atoms with van der Waals surface area (Å²) >= 11 is 1.22. The number of nitro benzene ring substituents is 1. The third kappa shape index (κ3) is 5.34. The molecule has 11 heteroatoms. The van der Waals surface area contributed by atoms with Crippen molar-refractivity contribution in [3.05, 3.63) is 64.0 Å². The molecule has 2 aromatic carbocycles. The van der Waals surface area contributed by atoms with Gasteiger partial charge >= 0.3 is 0 Å². The summed E-state index contributed by atoms with van der Waals surface area (Å²) in [6.07, 6.45) is 0. The minimum absolute atomic E-state index is 0. The number of ether oxygens (including phenoxy) is 1. The predicted octanol–water partition coefficient (Wildman–Crippen LogP) is 3.74. The number of hydrogen-bond acceptors (Lipinski definition) is 7. The van der Waals surface area contributed by atoms with Gasteiger partial charge in [-0.1, -0.05) is 17.4 Å². The van der Waals surface area contributed by atoms with Crippen LogP contribution in [0.1, 0.15) is 10.4 Å². The van der Waals surface area contributed by atoms with Gasteiger partial charge in [0.25, 0.3) is 11.6 Å². The molecule has 1 saturated heterocycles. The first kappa shape index (κ1) is 23.0. The molecule has 1 aromatic heterocycles. The van der Waals surface area contributed by atoms with Gasteiger partial charge < -0.3 is 4.74 Å². The Kier molecular flexibility index (Phi) is 7.50. The van der Waals surface area contributed by atoms with Gasteiger partial charge in [0.1, 0.15) is 5.82 Å². The molecule has 0 bridgehead atoms. The van der Waals surface area contributed by atoms with E-state index in [1.807, 2.05) is 0 Å². The second kappa shape index (κ2) is 10.1. The van der Waals surface area contributed by atoms with Crippen molar-refractivity contribution < 1.29 is 18.8 Å². The highest BCUT2D eigenvalue weighted by molar-refractivity contribution is 7.22. The molecule has 2 heterocycles. The molecule has 1 aliphatic rings. The van der Waals surface area contributed by atoms with Gasteiger partial charge in [0, 0.05) is 43.9 Å². The Morgan fingerprint density at radius 3 is 2.77 bits per heavy atom. The topological polar surface area (TPSA) is 88.8 Å². The highest BCUT2D eigenvalue weighted by Gasteiger charge is 2.24. The van der Waals surface area contributed by atoms with Crippen LogP contribution in [0.4, 0.5) is 15.2 Å². The number of carbonyl (C=O) groups excluding carboxylic acids is 1. The number of nitrogens with zero attached hydrogens (tertiary/aromatic N) is 4. The highest BCUT2D eigenvalue weighted by atomic mass is 35.5. The second-order valence-corrected chi connectivity index (χ2v) is 7.84. The molecular formula is C20H20ClFN4O4S. The summed E-state index contributed by atoms with van der Waals surface area (Å²) < 4.78 is 19.6. The quantitative estimate of drug-likeness (QED) is 0.406. The van der Waals surface area contributed by atoms with Gasteiger partial charge in [-0.3, -0.25) is 24.7 Å². The zero-order valence-corrected chi connectivity index (χ0v) is 18.0. The van der Waals surface area contributed by atoms with Gasteiger partial charge in [0.05, 0.1) is 28.4 Å². The number of carbonyl (C=O) groups is 1. The zero-order chi connectivity index (χ0) is 21.1. The number of rotatable bonds is 6. The normalized spacial score (nSPS) is 14.2. The fourth-order valence-electron chi connectivity index (χ4n) is 3.26. The number of nitro groups is 1. The SMILES string of the molecule is Cl.O=C(c1cccc([N+](=O)[O-])c1)N(CCN1CCOCC1)c1nc2ccc(F)cc2s1. The van der Waals surface area contributed by atoms with Crippen LogP contribution in [0.25, 0.3) is 10.2 Å². The Morgan fingerprint density at radius 1 is 1.26 bits per heavy atom. The molecule has 0 unspecified atom stereocenters. The third-order valence-corrected chi connectivity index (χ3v) is 5.90. The van der Waals surface area contributed by atoms with E-state index in [9.17, 15) is 19.3 Å². The first-order chi connectivity index (χ1) is 14.5. The van der Waals surface area contributed by atoms with Crippen LogP contribution in [0.15, 0.2) is 42.5 Å². The summed E-state index contributed by atoms with van der Waals surface area (Å²) in [4.78, 5) is 32.1. The largest absolute Gasteiger partial charge is 0.379 e. The van der Waals surface area contributed by atoms with Crippen LogP contribution in [0.5, 0.6) is 0 Å². The average Bonchev–Trinajstić information content (AvgIpc) is 3.17. The number of amides is 1. The van der Waals surface area contributed by atoms with Crippen LogP contribution in [-0.2, 0) is 4.74 Å². The van der Waals surface area contributed by atoms with E-state index in [1.165, 1.54) is 46.6 Å². The lowest BCUT2D eigenvalue weighted by molar-refractivity contribution is -0.384. The molecule has 0 atom stereocenters. The molecule has 0 saturated carbocycles. The number of thiazole rings is 1. The van der Waals surface area contributed by atoms with Crippen molar-refractivity contribution in [2.75, 3.05) is 44.3 Å². The smallest absolute Gasteiger partial charge is 0.270 e. The maximum atomic E-state index is 13.6. The van der Waals surface area contributed by atoms with Crippen LogP contribution in [0.2, 0.25) is 0 Å². The Balaban J connectivity index is 0.00000272. The molecule has 8 nitrogen and oxygen atoms in total. The van der Waals surface area contributed by atoms with Gasteiger partial charge in [-0.05, 0) is 24.3 Å². The fourth-order valence-corrected chi connectivity index (χ4v) is 4.28. The molecule has 0 aliphatic carbocycles. The van der Waals surface area contributed by atoms with Crippen molar-refractivity contribution in [2.45, 2.75) is 0 Å². The summed E-state index contributed by atoms with van der Waals surface area (Å²) in [7, 11) is 0. The molecule has 1 amide bonds. The van der Waals surface area contributed by atoms with Crippen LogP contribution in [0, 0.1) is 15.9 Å². The van der Waals surface area contributed by atoms with Crippen LogP contribution in [-0.4, -0.2) is 60.1 Å². The van der Waals surface area contributed by atoms with E-state index in [1.54, 1.807) is 12.1 Å². The van der Waals surface area contributed by atoms with Crippen molar-refractivity contribution in [2.24, 2.45) is 0 Å². The molecule has 1 aliphatic heterocycles. The van der Waals surface area contributed by atoms with E-state index >= 15 is 0 Å². The van der Waals surface area contributed by atoms with Crippen molar-refractivity contribution in [1.29, 1.82) is 0 Å². The fraction of sp³-hybridized carbons (Fsp3) is 0.300. The lowest BCUT2D eigenvalue weighted by atomic mass is 10.2. The monoisotopic (exact) mass is 466 g/mol. The van der Waals surface area contributed by atoms with Crippen LogP contribution < -0.4 is 4.90 Å². The van der Waals surface area contributed by atoms with E-state index in [4.69, 9.17) is 4.74 Å². The van der Waals surface area contributed by atoms with Crippen molar-refractivity contribution in [1.82, 2.24) is 9.88 Å². The molecule has 164 valence electrons. The minimum atomic E-state index is -0.532. The number of fused-ring (bicyclic) bond motifs is 1. The molecule has 0 spiro atoms. The van der Waals surface area contributed by atoms with E-state index in [2.05, 4.69) is 9.88 Å². The summed E-state index contributed by atoms with van der Waals surface area (Å²) in [5.41, 5.74) is 0.650. The number of anilines is 1. The van der Waals surface area contributed by atoms with Crippen molar-refractivity contribution in [3.63, 3.8) is 0 Å². The molecule has 4 rings (SSSR count). The van der Waals surface area contributed by atoms with Gasteiger partial charge in [0.2, 0.25) is 0 Å². The van der Waals surface area contributed by atoms with E-state index < -0.39 is 4.92 Å². The number of benzene rings is 2. The van der Waals surface area contributed by atoms with Crippen LogP contribution in [0.3, 0.4) is 0 Å². The Labute approximate surface area is 187 Å². The van der Waals surface area contributed by atoms with Crippen LogP contribution >= 0.6 is 23.7 Å². The van der Waals surface area contributed by atoms with Gasteiger partial charge in [-0.2, -0.15) is 0 Å². The van der Waals surface area contributed by atoms with E-state index in [0.717, 1.165) is 13.1 Å². The average molecular weight is 467 g/mol. The lowest BCUT2D eigenvalue weighted by Gasteiger charge is -2.29. The molecule has 3 aromatic rings. The zero-order valence-electron chi connectivity index (χ0n) is 16.4. The molecule has 0 N–H and O–H groups in total. The number of halogens is 2. The van der Waals surface area contributed by atoms with E-state index in [-0.39, 0.29) is 35.4 Å². The van der Waals surface area contributed by atoms with Crippen molar-refractivity contribution in [3.8, 4) is 0 Å².